The number of rotatable bonds is 9. The number of nitrogens with zero attached hydrogens (tertiary/aromatic N) is 3. The molecule has 1 amide bonds. The van der Waals surface area contributed by atoms with Gasteiger partial charge in [-0.3, -0.25) is 4.79 Å². The Morgan fingerprint density at radius 3 is 2.59 bits per heavy atom. The Morgan fingerprint density at radius 2 is 1.90 bits per heavy atom. The number of benzene rings is 1. The van der Waals surface area contributed by atoms with Gasteiger partial charge in [0.05, 0.1) is 22.0 Å². The zero-order chi connectivity index (χ0) is 35.4. The maximum Gasteiger partial charge on any atom is 0.416 e. The Morgan fingerprint density at radius 1 is 1.10 bits per heavy atom. The molecule has 1 saturated heterocycles. The Balaban J connectivity index is 1.40. The van der Waals surface area contributed by atoms with Crippen molar-refractivity contribution in [2.45, 2.75) is 90.7 Å². The van der Waals surface area contributed by atoms with Gasteiger partial charge < -0.3 is 21.3 Å². The van der Waals surface area contributed by atoms with E-state index in [9.17, 15) is 18.0 Å². The van der Waals surface area contributed by atoms with Gasteiger partial charge in [0.1, 0.15) is 18.0 Å². The maximum absolute atomic E-state index is 14.3. The Hall–Kier alpha value is -3.84. The van der Waals surface area contributed by atoms with E-state index in [1.165, 1.54) is 12.4 Å². The number of hydrogen-bond acceptors (Lipinski definition) is 6. The van der Waals surface area contributed by atoms with Crippen molar-refractivity contribution < 1.29 is 18.0 Å². The van der Waals surface area contributed by atoms with E-state index in [0.717, 1.165) is 69.7 Å². The summed E-state index contributed by atoms with van der Waals surface area (Å²) in [7, 11) is 2.07. The summed E-state index contributed by atoms with van der Waals surface area (Å²) in [4.78, 5) is 24.6. The summed E-state index contributed by atoms with van der Waals surface area (Å²) in [5.74, 6) is 8.30. The van der Waals surface area contributed by atoms with Crippen molar-refractivity contribution in [2.24, 2.45) is 23.2 Å². The van der Waals surface area contributed by atoms with Gasteiger partial charge in [-0.05, 0) is 102 Å². The third-order valence-corrected chi connectivity index (χ3v) is 10.8. The summed E-state index contributed by atoms with van der Waals surface area (Å²) >= 11 is 0. The number of halogens is 3. The van der Waals surface area contributed by atoms with Crippen LogP contribution in [-0.2, 0) is 22.8 Å². The molecular formula is C39H51F3N6O. The molecule has 3 aliphatic rings. The fourth-order valence-electron chi connectivity index (χ4n) is 7.75. The molecule has 264 valence electrons. The molecule has 5 rings (SSSR count). The largest absolute Gasteiger partial charge is 0.416 e. The highest BCUT2D eigenvalue weighted by Gasteiger charge is 2.56. The molecular weight excluding hydrogens is 625 g/mol. The highest BCUT2D eigenvalue weighted by Crippen LogP contribution is 2.58. The van der Waals surface area contributed by atoms with Gasteiger partial charge in [-0.2, -0.15) is 13.2 Å². The minimum atomic E-state index is -4.53. The first-order valence-electron chi connectivity index (χ1n) is 17.8. The second kappa shape index (κ2) is 15.0. The predicted molar refractivity (Wildman–Crippen MR) is 191 cm³/mol. The third kappa shape index (κ3) is 8.15. The van der Waals surface area contributed by atoms with Crippen molar-refractivity contribution in [1.29, 1.82) is 0 Å². The molecule has 49 heavy (non-hydrogen) atoms. The summed E-state index contributed by atoms with van der Waals surface area (Å²) < 4.78 is 43.0. The van der Waals surface area contributed by atoms with Crippen LogP contribution in [0.25, 0.3) is 0 Å². The second-order valence-electron chi connectivity index (χ2n) is 14.3. The van der Waals surface area contributed by atoms with E-state index < -0.39 is 28.5 Å². The van der Waals surface area contributed by atoms with Crippen LogP contribution in [0.4, 0.5) is 30.5 Å². The molecule has 7 nitrogen and oxygen atoms in total. The molecule has 4 N–H and O–H groups in total. The van der Waals surface area contributed by atoms with Gasteiger partial charge in [0.25, 0.3) is 5.91 Å². The molecule has 1 saturated carbocycles. The Labute approximate surface area is 289 Å². The fraction of sp³-hybridized carbons (Fsp3) is 0.564. The van der Waals surface area contributed by atoms with E-state index in [-0.39, 0.29) is 23.1 Å². The average Bonchev–Trinajstić information content (AvgIpc) is 3.77. The number of allylic oxidation sites excluding steroid dienone is 2. The van der Waals surface area contributed by atoms with Gasteiger partial charge in [0, 0.05) is 17.8 Å². The number of nitrogens with two attached hydrogens (primary N) is 1. The lowest BCUT2D eigenvalue weighted by atomic mass is 9.71. The monoisotopic (exact) mass is 676 g/mol. The summed E-state index contributed by atoms with van der Waals surface area (Å²) in [6.45, 7) is 10.8. The van der Waals surface area contributed by atoms with Crippen LogP contribution in [0.2, 0.25) is 0 Å². The lowest BCUT2D eigenvalue weighted by Crippen LogP contribution is -2.28. The Bertz CT molecular complexity index is 1640. The predicted octanol–water partition coefficient (Wildman–Crippen LogP) is 8.01. The van der Waals surface area contributed by atoms with Crippen molar-refractivity contribution in [3.63, 3.8) is 0 Å². The van der Waals surface area contributed by atoms with Crippen LogP contribution in [0.15, 0.2) is 48.3 Å². The average molecular weight is 677 g/mol. The van der Waals surface area contributed by atoms with Crippen molar-refractivity contribution >= 4 is 23.2 Å². The number of nitrogen functional groups attached to an aromatic ring is 1. The normalized spacial score (nSPS) is 27.3. The number of carbonyl (C=O) groups is 1. The molecule has 1 aliphatic heterocycles. The van der Waals surface area contributed by atoms with Crippen molar-refractivity contribution in [3.8, 4) is 11.8 Å². The van der Waals surface area contributed by atoms with Crippen LogP contribution in [0.1, 0.15) is 89.3 Å². The van der Waals surface area contributed by atoms with Crippen molar-refractivity contribution in [2.75, 3.05) is 43.0 Å². The quantitative estimate of drug-likeness (QED) is 0.233. The number of nitrogens with one attached hydrogen (secondary N) is 2. The third-order valence-electron chi connectivity index (χ3n) is 10.8. The zero-order valence-corrected chi connectivity index (χ0v) is 29.5. The van der Waals surface area contributed by atoms with Crippen molar-refractivity contribution in [1.82, 2.24) is 14.9 Å². The van der Waals surface area contributed by atoms with E-state index in [0.29, 0.717) is 36.1 Å². The number of amides is 1. The number of alkyl halides is 3. The van der Waals surface area contributed by atoms with E-state index >= 15 is 0 Å². The number of likely N-dealkylation sites (tertiary alicyclic amines) is 1. The van der Waals surface area contributed by atoms with Crippen molar-refractivity contribution in [3.05, 3.63) is 65.0 Å². The van der Waals surface area contributed by atoms with Crippen LogP contribution in [-0.4, -0.2) is 47.5 Å². The summed E-state index contributed by atoms with van der Waals surface area (Å²) in [6.07, 6.45) is 9.33. The first-order chi connectivity index (χ1) is 23.3. The van der Waals surface area contributed by atoms with E-state index in [2.05, 4.69) is 58.2 Å². The number of carbonyl (C=O) groups excluding carboxylic acids is 1. The lowest BCUT2D eigenvalue weighted by molar-refractivity contribution is -0.138. The van der Waals surface area contributed by atoms with E-state index in [1.807, 2.05) is 26.0 Å². The molecule has 0 radical (unpaired) electrons. The van der Waals surface area contributed by atoms with Gasteiger partial charge in [-0.25, -0.2) is 9.97 Å². The number of anilines is 3. The van der Waals surface area contributed by atoms with Crippen LogP contribution < -0.4 is 16.4 Å². The zero-order valence-electron chi connectivity index (χ0n) is 29.5. The number of hydrogen-bond donors (Lipinski definition) is 3. The minimum absolute atomic E-state index is 0.0363. The standard InChI is InChI=1S/C39H51F3N6O/c1-6-29-14-12-28(23-37(29,4)17-18-38(24-30(38)7-2)33-34(43)45-25-46-35(33)44-8-3)36(49)47-31-15-13-27(32(22-31)39(40,41)42)21-26-11-9-10-19-48(5)20-16-26/h12-15,22-23,25-26,29-30H,6-11,16,19-21,24H2,1-5H3,(H,47,49)(H3,43,44,45,46). The molecule has 2 aliphatic carbocycles. The number of aromatic nitrogens is 2. The topological polar surface area (TPSA) is 96.2 Å². The highest BCUT2D eigenvalue weighted by atomic mass is 19.4. The summed E-state index contributed by atoms with van der Waals surface area (Å²) in [5.41, 5.74) is 6.14. The van der Waals surface area contributed by atoms with Crippen LogP contribution in [0.5, 0.6) is 0 Å². The van der Waals surface area contributed by atoms with Gasteiger partial charge in [-0.15, -0.1) is 0 Å². The molecule has 5 unspecified atom stereocenters. The Kier molecular flexibility index (Phi) is 11.1. The van der Waals surface area contributed by atoms with Gasteiger partial charge in [-0.1, -0.05) is 69.2 Å². The molecule has 0 bridgehead atoms. The van der Waals surface area contributed by atoms with E-state index in [4.69, 9.17) is 5.73 Å². The molecule has 1 aromatic carbocycles. The first-order valence-corrected chi connectivity index (χ1v) is 17.8. The molecule has 2 aromatic rings. The van der Waals surface area contributed by atoms with Gasteiger partial charge in [0.2, 0.25) is 0 Å². The highest BCUT2D eigenvalue weighted by molar-refractivity contribution is 6.06. The molecule has 0 spiro atoms. The summed E-state index contributed by atoms with van der Waals surface area (Å²) in [6, 6.07) is 4.21. The SMILES string of the molecule is CCNc1ncnc(N)c1C1(C#CC2(C)C=C(C(=O)Nc3ccc(CC4CCCCN(C)CC4)c(C(F)(F)F)c3)C=CC2CC)CC1CC. The van der Waals surface area contributed by atoms with Gasteiger partial charge in [0.15, 0.2) is 0 Å². The molecule has 2 heterocycles. The van der Waals surface area contributed by atoms with Crippen LogP contribution in [0.3, 0.4) is 0 Å². The lowest BCUT2D eigenvalue weighted by Gasteiger charge is -2.32. The smallest absolute Gasteiger partial charge is 0.383 e. The minimum Gasteiger partial charge on any atom is -0.383 e. The molecule has 2 fully saturated rings. The van der Waals surface area contributed by atoms with Gasteiger partial charge >= 0.3 is 6.18 Å². The van der Waals surface area contributed by atoms with E-state index in [1.54, 1.807) is 12.1 Å². The molecule has 5 atom stereocenters. The first kappa shape index (κ1) is 36.4. The van der Waals surface area contributed by atoms with Crippen LogP contribution >= 0.6 is 0 Å². The summed E-state index contributed by atoms with van der Waals surface area (Å²) in [5, 5.41) is 6.07. The maximum atomic E-state index is 14.3. The fourth-order valence-corrected chi connectivity index (χ4v) is 7.75. The van der Waals surface area contributed by atoms with Crippen LogP contribution in [0, 0.1) is 35.0 Å². The molecule has 1 aromatic heterocycles. The molecule has 10 heteroatoms. The second-order valence-corrected chi connectivity index (χ2v) is 14.3.